The second-order valence-electron chi connectivity index (χ2n) is 3.51. The van der Waals surface area contributed by atoms with Crippen LogP contribution in [-0.4, -0.2) is 70.9 Å². The molecule has 0 saturated carbocycles. The van der Waals surface area contributed by atoms with E-state index in [0.29, 0.717) is 0 Å². The van der Waals surface area contributed by atoms with E-state index in [4.69, 9.17) is 20.3 Å². The summed E-state index contributed by atoms with van der Waals surface area (Å²) < 4.78 is 9.86. The molecule has 1 aliphatic heterocycles. The van der Waals surface area contributed by atoms with Crippen LogP contribution in [0, 0.1) is 0 Å². The SMILES string of the molecule is CO[C@@H]1O[C@@H]([C@H](O)CO)[C@@H](O)[C@H](N)[C@@H]1O. The Morgan fingerprint density at radius 2 is 2.00 bits per heavy atom. The van der Waals surface area contributed by atoms with Crippen LogP contribution in [0.15, 0.2) is 0 Å². The van der Waals surface area contributed by atoms with Gasteiger partial charge in [-0.25, -0.2) is 0 Å². The van der Waals surface area contributed by atoms with Crippen molar-refractivity contribution >= 4 is 0 Å². The van der Waals surface area contributed by atoms with Gasteiger partial charge >= 0.3 is 0 Å². The van der Waals surface area contributed by atoms with E-state index in [2.05, 4.69) is 0 Å². The predicted molar refractivity (Wildman–Crippen MR) is 48.8 cm³/mol. The lowest BCUT2D eigenvalue weighted by Crippen LogP contribution is -2.64. The second-order valence-corrected chi connectivity index (χ2v) is 3.51. The maximum absolute atomic E-state index is 9.59. The van der Waals surface area contributed by atoms with Gasteiger partial charge in [0, 0.05) is 7.11 Å². The van der Waals surface area contributed by atoms with Crippen molar-refractivity contribution in [2.75, 3.05) is 13.7 Å². The number of aliphatic hydroxyl groups excluding tert-OH is 4. The molecule has 0 bridgehead atoms. The minimum atomic E-state index is -1.27. The van der Waals surface area contributed by atoms with Gasteiger partial charge in [0.25, 0.3) is 0 Å². The van der Waals surface area contributed by atoms with Crippen LogP contribution in [-0.2, 0) is 9.47 Å². The summed E-state index contributed by atoms with van der Waals surface area (Å²) in [6.07, 6.45) is -5.79. The van der Waals surface area contributed by atoms with Crippen molar-refractivity contribution in [3.8, 4) is 0 Å². The first-order valence-electron chi connectivity index (χ1n) is 4.61. The number of methoxy groups -OCH3 is 1. The fourth-order valence-electron chi connectivity index (χ4n) is 1.54. The van der Waals surface area contributed by atoms with Crippen LogP contribution in [0.2, 0.25) is 0 Å². The Kier molecular flexibility index (Phi) is 4.41. The van der Waals surface area contributed by atoms with Crippen molar-refractivity contribution in [2.24, 2.45) is 5.73 Å². The first-order chi connectivity index (χ1) is 7.02. The van der Waals surface area contributed by atoms with E-state index in [0.717, 1.165) is 0 Å². The molecule has 0 radical (unpaired) electrons. The molecule has 7 nitrogen and oxygen atoms in total. The molecule has 90 valence electrons. The molecule has 0 amide bonds. The molecule has 7 heteroatoms. The van der Waals surface area contributed by atoms with Gasteiger partial charge in [0.05, 0.1) is 12.6 Å². The summed E-state index contributed by atoms with van der Waals surface area (Å²) in [4.78, 5) is 0. The summed E-state index contributed by atoms with van der Waals surface area (Å²) >= 11 is 0. The molecule has 6 atom stereocenters. The first kappa shape index (κ1) is 12.8. The van der Waals surface area contributed by atoms with Crippen molar-refractivity contribution in [1.29, 1.82) is 0 Å². The van der Waals surface area contributed by atoms with Crippen molar-refractivity contribution in [2.45, 2.75) is 36.7 Å². The second kappa shape index (κ2) is 5.17. The molecule has 0 aromatic heterocycles. The van der Waals surface area contributed by atoms with Crippen LogP contribution in [0.1, 0.15) is 0 Å². The van der Waals surface area contributed by atoms with Gasteiger partial charge < -0.3 is 35.6 Å². The Morgan fingerprint density at radius 3 is 2.47 bits per heavy atom. The van der Waals surface area contributed by atoms with E-state index in [1.54, 1.807) is 0 Å². The molecule has 15 heavy (non-hydrogen) atoms. The Hall–Kier alpha value is -0.280. The average Bonchev–Trinajstić information content (AvgIpc) is 2.25. The summed E-state index contributed by atoms with van der Waals surface area (Å²) in [5, 5.41) is 37.2. The Morgan fingerprint density at radius 1 is 1.40 bits per heavy atom. The van der Waals surface area contributed by atoms with E-state index in [1.165, 1.54) is 7.11 Å². The fraction of sp³-hybridized carbons (Fsp3) is 1.00. The maximum Gasteiger partial charge on any atom is 0.185 e. The van der Waals surface area contributed by atoms with Gasteiger partial charge in [0.15, 0.2) is 6.29 Å². The highest BCUT2D eigenvalue weighted by molar-refractivity contribution is 4.94. The van der Waals surface area contributed by atoms with E-state index in [-0.39, 0.29) is 0 Å². The molecule has 0 aliphatic carbocycles. The number of rotatable bonds is 3. The highest BCUT2D eigenvalue weighted by Gasteiger charge is 2.45. The first-order valence-corrected chi connectivity index (χ1v) is 4.61. The van der Waals surface area contributed by atoms with E-state index >= 15 is 0 Å². The topological polar surface area (TPSA) is 125 Å². The number of ether oxygens (including phenoxy) is 2. The smallest absolute Gasteiger partial charge is 0.185 e. The van der Waals surface area contributed by atoms with Crippen molar-refractivity contribution in [3.63, 3.8) is 0 Å². The zero-order valence-electron chi connectivity index (χ0n) is 8.35. The molecule has 1 saturated heterocycles. The Balaban J connectivity index is 2.74. The molecule has 1 heterocycles. The van der Waals surface area contributed by atoms with Gasteiger partial charge in [0.2, 0.25) is 0 Å². The third-order valence-corrected chi connectivity index (χ3v) is 2.49. The highest BCUT2D eigenvalue weighted by Crippen LogP contribution is 2.22. The lowest BCUT2D eigenvalue weighted by molar-refractivity contribution is -0.280. The van der Waals surface area contributed by atoms with Crippen LogP contribution in [0.25, 0.3) is 0 Å². The number of hydrogen-bond donors (Lipinski definition) is 5. The largest absolute Gasteiger partial charge is 0.394 e. The van der Waals surface area contributed by atoms with Crippen LogP contribution in [0.5, 0.6) is 0 Å². The summed E-state index contributed by atoms with van der Waals surface area (Å²) in [6, 6.07) is -0.991. The summed E-state index contributed by atoms with van der Waals surface area (Å²) in [7, 11) is 1.31. The lowest BCUT2D eigenvalue weighted by Gasteiger charge is -2.41. The summed E-state index contributed by atoms with van der Waals surface area (Å²) in [6.45, 7) is -0.568. The molecule has 0 aromatic carbocycles. The minimum absolute atomic E-state index is 0.568. The lowest BCUT2D eigenvalue weighted by atomic mass is 9.94. The highest BCUT2D eigenvalue weighted by atomic mass is 16.7. The maximum atomic E-state index is 9.59. The number of nitrogens with two attached hydrogens (primary N) is 1. The van der Waals surface area contributed by atoms with E-state index < -0.39 is 43.4 Å². The van der Waals surface area contributed by atoms with Crippen LogP contribution < -0.4 is 5.73 Å². The van der Waals surface area contributed by atoms with Crippen LogP contribution >= 0.6 is 0 Å². The Bertz CT molecular complexity index is 202. The molecule has 0 aromatic rings. The molecule has 1 rings (SSSR count). The summed E-state index contributed by atoms with van der Waals surface area (Å²) in [5.74, 6) is 0. The third-order valence-electron chi connectivity index (χ3n) is 2.49. The van der Waals surface area contributed by atoms with Gasteiger partial charge in [-0.2, -0.15) is 0 Å². The molecule has 0 spiro atoms. The molecule has 1 aliphatic rings. The van der Waals surface area contributed by atoms with E-state index in [9.17, 15) is 15.3 Å². The minimum Gasteiger partial charge on any atom is -0.394 e. The van der Waals surface area contributed by atoms with Gasteiger partial charge in [-0.1, -0.05) is 0 Å². The quantitative estimate of drug-likeness (QED) is 0.340. The summed E-state index contributed by atoms with van der Waals surface area (Å²) in [5.41, 5.74) is 5.52. The van der Waals surface area contributed by atoms with Crippen molar-refractivity contribution < 1.29 is 29.9 Å². The van der Waals surface area contributed by atoms with Crippen LogP contribution in [0.4, 0.5) is 0 Å². The van der Waals surface area contributed by atoms with Gasteiger partial charge in [-0.15, -0.1) is 0 Å². The van der Waals surface area contributed by atoms with E-state index in [1.807, 2.05) is 0 Å². The van der Waals surface area contributed by atoms with Crippen molar-refractivity contribution in [1.82, 2.24) is 0 Å². The molecule has 1 fully saturated rings. The molecular formula is C8H17NO6. The number of aliphatic hydroxyl groups is 4. The zero-order chi connectivity index (χ0) is 11.6. The monoisotopic (exact) mass is 223 g/mol. The van der Waals surface area contributed by atoms with Crippen LogP contribution in [0.3, 0.4) is 0 Å². The van der Waals surface area contributed by atoms with Gasteiger partial charge in [0.1, 0.15) is 24.4 Å². The van der Waals surface area contributed by atoms with Gasteiger partial charge in [-0.3, -0.25) is 0 Å². The average molecular weight is 223 g/mol. The normalized spacial score (nSPS) is 44.0. The fourth-order valence-corrected chi connectivity index (χ4v) is 1.54. The molecular weight excluding hydrogens is 206 g/mol. The Labute approximate surface area is 87.0 Å². The molecule has 6 N–H and O–H groups in total. The van der Waals surface area contributed by atoms with Gasteiger partial charge in [-0.05, 0) is 0 Å². The third kappa shape index (κ3) is 2.45. The predicted octanol–water partition coefficient (Wildman–Crippen LogP) is -3.24. The number of hydrogen-bond acceptors (Lipinski definition) is 7. The molecule has 0 unspecified atom stereocenters. The zero-order valence-corrected chi connectivity index (χ0v) is 8.35. The standard InChI is InChI=1S/C8H17NO6/c1-14-8-6(13)4(9)5(12)7(15-8)3(11)2-10/h3-8,10-13H,2,9H2,1H3/t3-,4+,5+,6+,7+,8-/m1/s1. The van der Waals surface area contributed by atoms with Crippen molar-refractivity contribution in [3.05, 3.63) is 0 Å².